The molecule has 0 bridgehead atoms. The summed E-state index contributed by atoms with van der Waals surface area (Å²) in [5, 5.41) is 4.94. The third kappa shape index (κ3) is 5.36. The zero-order chi connectivity index (χ0) is 15.1. The second-order valence-corrected chi connectivity index (χ2v) is 8.48. The molecule has 120 valence electrons. The van der Waals surface area contributed by atoms with E-state index in [0.717, 1.165) is 36.7 Å². The average molecular weight is 331 g/mol. The fourth-order valence-corrected chi connectivity index (χ4v) is 5.14. The van der Waals surface area contributed by atoms with E-state index in [2.05, 4.69) is 10.0 Å². The molecule has 2 N–H and O–H groups in total. The summed E-state index contributed by atoms with van der Waals surface area (Å²) in [5.41, 5.74) is 0. The Hall–Kier alpha value is -0.430. The first-order valence-corrected chi connectivity index (χ1v) is 10.3. The maximum absolute atomic E-state index is 12.2. The predicted molar refractivity (Wildman–Crippen MR) is 88.1 cm³/mol. The number of nitrogens with one attached hydrogen (secondary N) is 2. The van der Waals surface area contributed by atoms with Crippen molar-refractivity contribution >= 4 is 21.4 Å². The van der Waals surface area contributed by atoms with E-state index in [1.807, 2.05) is 6.92 Å². The Bertz CT molecular complexity index is 520. The Morgan fingerprint density at radius 3 is 2.81 bits per heavy atom. The van der Waals surface area contributed by atoms with Crippen molar-refractivity contribution in [3.63, 3.8) is 0 Å². The molecule has 1 aliphatic rings. The van der Waals surface area contributed by atoms with Gasteiger partial charge in [0.15, 0.2) is 0 Å². The van der Waals surface area contributed by atoms with Crippen LogP contribution in [-0.4, -0.2) is 21.5 Å². The minimum Gasteiger partial charge on any atom is -0.312 e. The molecule has 21 heavy (non-hydrogen) atoms. The Morgan fingerprint density at radius 1 is 1.33 bits per heavy atom. The monoisotopic (exact) mass is 330 g/mol. The van der Waals surface area contributed by atoms with Crippen LogP contribution in [0.25, 0.3) is 0 Å². The lowest BCUT2D eigenvalue weighted by Crippen LogP contribution is -2.24. The smallest absolute Gasteiger partial charge is 0.241 e. The molecule has 1 fully saturated rings. The van der Waals surface area contributed by atoms with Gasteiger partial charge in [0.2, 0.25) is 10.0 Å². The Morgan fingerprint density at radius 2 is 2.10 bits per heavy atom. The van der Waals surface area contributed by atoms with Gasteiger partial charge in [-0.05, 0) is 31.4 Å². The summed E-state index contributed by atoms with van der Waals surface area (Å²) in [5.74, 6) is 0.822. The topological polar surface area (TPSA) is 58.2 Å². The van der Waals surface area contributed by atoms with Crippen molar-refractivity contribution in [3.8, 4) is 0 Å². The number of sulfonamides is 1. The van der Waals surface area contributed by atoms with Crippen LogP contribution in [0, 0.1) is 5.92 Å². The zero-order valence-corrected chi connectivity index (χ0v) is 14.4. The first kappa shape index (κ1) is 16.9. The summed E-state index contributed by atoms with van der Waals surface area (Å²) < 4.78 is 27.1. The fourth-order valence-electron chi connectivity index (χ4n) is 2.82. The molecule has 0 radical (unpaired) electrons. The molecule has 1 aromatic heterocycles. The van der Waals surface area contributed by atoms with Crippen molar-refractivity contribution in [1.29, 1.82) is 0 Å². The van der Waals surface area contributed by atoms with E-state index in [0.29, 0.717) is 11.4 Å². The highest BCUT2D eigenvalue weighted by Gasteiger charge is 2.17. The van der Waals surface area contributed by atoms with Crippen molar-refractivity contribution in [2.24, 2.45) is 5.92 Å². The van der Waals surface area contributed by atoms with E-state index >= 15 is 0 Å². The second kappa shape index (κ2) is 8.27. The Balaban J connectivity index is 1.76. The number of hydrogen-bond acceptors (Lipinski definition) is 4. The second-order valence-electron chi connectivity index (χ2n) is 5.72. The number of thiophene rings is 1. The molecule has 0 atom stereocenters. The van der Waals surface area contributed by atoms with Gasteiger partial charge in [-0.25, -0.2) is 13.1 Å². The van der Waals surface area contributed by atoms with Crippen LogP contribution in [0.15, 0.2) is 16.3 Å². The molecule has 1 aromatic rings. The molecule has 0 unspecified atom stereocenters. The summed E-state index contributed by atoms with van der Waals surface area (Å²) in [6.07, 6.45) is 7.44. The summed E-state index contributed by atoms with van der Waals surface area (Å²) in [6, 6.07) is 1.77. The van der Waals surface area contributed by atoms with Gasteiger partial charge in [-0.3, -0.25) is 0 Å². The molecule has 1 aliphatic carbocycles. The highest BCUT2D eigenvalue weighted by Crippen LogP contribution is 2.28. The van der Waals surface area contributed by atoms with E-state index < -0.39 is 10.0 Å². The van der Waals surface area contributed by atoms with Crippen LogP contribution in [-0.2, 0) is 16.6 Å². The Labute approximate surface area is 132 Å². The van der Waals surface area contributed by atoms with Gasteiger partial charge in [0.05, 0.1) is 4.90 Å². The molecule has 1 heterocycles. The molecule has 0 saturated heterocycles. The normalized spacial score (nSPS) is 16.6. The largest absolute Gasteiger partial charge is 0.312 e. The van der Waals surface area contributed by atoms with Gasteiger partial charge >= 0.3 is 0 Å². The van der Waals surface area contributed by atoms with E-state index in [1.165, 1.54) is 37.0 Å². The van der Waals surface area contributed by atoms with Crippen LogP contribution in [0.2, 0.25) is 0 Å². The highest BCUT2D eigenvalue weighted by atomic mass is 32.2. The van der Waals surface area contributed by atoms with Crippen molar-refractivity contribution in [3.05, 3.63) is 16.3 Å². The van der Waals surface area contributed by atoms with Gasteiger partial charge in [-0.1, -0.05) is 32.6 Å². The van der Waals surface area contributed by atoms with Crippen LogP contribution in [0.3, 0.4) is 0 Å². The molecular weight excluding hydrogens is 304 g/mol. The van der Waals surface area contributed by atoms with E-state index in [1.54, 1.807) is 11.4 Å². The average Bonchev–Trinajstić information content (AvgIpc) is 3.13. The molecule has 0 amide bonds. The van der Waals surface area contributed by atoms with Crippen molar-refractivity contribution in [2.75, 3.05) is 13.1 Å². The van der Waals surface area contributed by atoms with Crippen molar-refractivity contribution < 1.29 is 8.42 Å². The molecule has 1 saturated carbocycles. The standard InChI is InChI=1S/C15H26N2O2S2/c1-2-16-11-14-10-15(12-20-14)21(18,19)17-9-5-8-13-6-3-4-7-13/h10,12-13,16-17H,2-9,11H2,1H3. The molecule has 4 nitrogen and oxygen atoms in total. The molecule has 0 aromatic carbocycles. The van der Waals surface area contributed by atoms with Crippen LogP contribution in [0.5, 0.6) is 0 Å². The minimum absolute atomic E-state index is 0.404. The lowest BCUT2D eigenvalue weighted by Gasteiger charge is -2.09. The fraction of sp³-hybridized carbons (Fsp3) is 0.733. The SMILES string of the molecule is CCNCc1cc(S(=O)(=O)NCCCC2CCCC2)cs1. The van der Waals surface area contributed by atoms with Crippen LogP contribution >= 0.6 is 11.3 Å². The Kier molecular flexibility index (Phi) is 6.67. The van der Waals surface area contributed by atoms with Gasteiger partial charge in [0.25, 0.3) is 0 Å². The molecule has 2 rings (SSSR count). The van der Waals surface area contributed by atoms with Crippen molar-refractivity contribution in [1.82, 2.24) is 10.0 Å². The lowest BCUT2D eigenvalue weighted by atomic mass is 10.0. The molecule has 6 heteroatoms. The minimum atomic E-state index is -3.33. The van der Waals surface area contributed by atoms with Crippen LogP contribution in [0.1, 0.15) is 50.3 Å². The van der Waals surface area contributed by atoms with Gasteiger partial charge < -0.3 is 5.32 Å². The maximum Gasteiger partial charge on any atom is 0.241 e. The summed E-state index contributed by atoms with van der Waals surface area (Å²) in [6.45, 7) is 4.21. The van der Waals surface area contributed by atoms with Gasteiger partial charge in [-0.15, -0.1) is 11.3 Å². The number of rotatable bonds is 9. The molecule has 0 aliphatic heterocycles. The van der Waals surface area contributed by atoms with Gasteiger partial charge in [-0.2, -0.15) is 0 Å². The first-order valence-electron chi connectivity index (χ1n) is 7.89. The summed E-state index contributed by atoms with van der Waals surface area (Å²) in [4.78, 5) is 1.46. The van der Waals surface area contributed by atoms with Crippen LogP contribution < -0.4 is 10.0 Å². The van der Waals surface area contributed by atoms with Gasteiger partial charge in [0, 0.05) is 23.3 Å². The third-order valence-corrected chi connectivity index (χ3v) is 6.57. The highest BCUT2D eigenvalue weighted by molar-refractivity contribution is 7.89. The summed E-state index contributed by atoms with van der Waals surface area (Å²) >= 11 is 1.49. The predicted octanol–water partition coefficient (Wildman–Crippen LogP) is 3.11. The van der Waals surface area contributed by atoms with Gasteiger partial charge in [0.1, 0.15) is 0 Å². The zero-order valence-electron chi connectivity index (χ0n) is 12.7. The van der Waals surface area contributed by atoms with Crippen LogP contribution in [0.4, 0.5) is 0 Å². The van der Waals surface area contributed by atoms with E-state index in [-0.39, 0.29) is 0 Å². The van der Waals surface area contributed by atoms with E-state index in [4.69, 9.17) is 0 Å². The summed E-state index contributed by atoms with van der Waals surface area (Å²) in [7, 11) is -3.33. The van der Waals surface area contributed by atoms with Crippen molar-refractivity contribution in [2.45, 2.75) is 56.9 Å². The molecule has 0 spiro atoms. The lowest BCUT2D eigenvalue weighted by molar-refractivity contribution is 0.480. The molecular formula is C15H26N2O2S2. The van der Waals surface area contributed by atoms with E-state index in [9.17, 15) is 8.42 Å². The maximum atomic E-state index is 12.2. The third-order valence-electron chi connectivity index (χ3n) is 4.05. The number of hydrogen-bond donors (Lipinski definition) is 2. The first-order chi connectivity index (χ1) is 10.1. The quantitative estimate of drug-likeness (QED) is 0.684.